The molecule has 0 saturated carbocycles. The molecule has 0 bridgehead atoms. The van der Waals surface area contributed by atoms with E-state index in [9.17, 15) is 9.59 Å². The van der Waals surface area contributed by atoms with Gasteiger partial charge in [0.05, 0.1) is 12.1 Å². The summed E-state index contributed by atoms with van der Waals surface area (Å²) in [4.78, 5) is 25.9. The van der Waals surface area contributed by atoms with Crippen LogP contribution in [-0.2, 0) is 9.59 Å². The van der Waals surface area contributed by atoms with Gasteiger partial charge in [-0.1, -0.05) is 5.16 Å². The van der Waals surface area contributed by atoms with E-state index in [1.165, 1.54) is 0 Å². The fourth-order valence-corrected chi connectivity index (χ4v) is 2.58. The van der Waals surface area contributed by atoms with Crippen LogP contribution in [0.1, 0.15) is 25.5 Å². The Kier molecular flexibility index (Phi) is 4.08. The number of aromatic nitrogens is 1. The Bertz CT molecular complexity index is 513. The number of carbonyl (C=O) groups is 2. The highest BCUT2D eigenvalue weighted by Crippen LogP contribution is 2.28. The van der Waals surface area contributed by atoms with E-state index in [1.807, 2.05) is 11.8 Å². The van der Waals surface area contributed by atoms with E-state index < -0.39 is 5.54 Å². The van der Waals surface area contributed by atoms with Crippen LogP contribution in [0.3, 0.4) is 0 Å². The van der Waals surface area contributed by atoms with Crippen molar-refractivity contribution < 1.29 is 14.1 Å². The van der Waals surface area contributed by atoms with Crippen molar-refractivity contribution in [1.82, 2.24) is 15.4 Å². The number of aryl methyl sites for hydroxylation is 1. The highest BCUT2D eigenvalue weighted by atomic mass is 16.5. The van der Waals surface area contributed by atoms with Crippen molar-refractivity contribution in [1.29, 1.82) is 0 Å². The number of hydrogen-bond donors (Lipinski definition) is 2. The number of hydrogen-bond acceptors (Lipinski definition) is 5. The van der Waals surface area contributed by atoms with E-state index in [0.717, 1.165) is 19.4 Å². The number of likely N-dealkylation sites (tertiary alicyclic amines) is 1. The summed E-state index contributed by atoms with van der Waals surface area (Å²) in [7, 11) is 1.61. The van der Waals surface area contributed by atoms with Crippen LogP contribution < -0.4 is 10.6 Å². The molecule has 2 amide bonds. The first-order valence-electron chi connectivity index (χ1n) is 6.66. The summed E-state index contributed by atoms with van der Waals surface area (Å²) in [6.07, 6.45) is 1.66. The summed E-state index contributed by atoms with van der Waals surface area (Å²) >= 11 is 0. The summed E-state index contributed by atoms with van der Waals surface area (Å²) < 4.78 is 4.89. The molecule has 0 aliphatic carbocycles. The lowest BCUT2D eigenvalue weighted by Gasteiger charge is -2.32. The topological polar surface area (TPSA) is 87.5 Å². The second-order valence-electron chi connectivity index (χ2n) is 5.25. The number of amides is 2. The average molecular weight is 280 g/mol. The van der Waals surface area contributed by atoms with Gasteiger partial charge in [-0.15, -0.1) is 0 Å². The van der Waals surface area contributed by atoms with Crippen molar-refractivity contribution in [2.45, 2.75) is 32.2 Å². The first kappa shape index (κ1) is 14.5. The molecule has 0 radical (unpaired) electrons. The minimum Gasteiger partial charge on any atom is -0.360 e. The largest absolute Gasteiger partial charge is 0.360 e. The van der Waals surface area contributed by atoms with Crippen molar-refractivity contribution >= 4 is 17.6 Å². The quantitative estimate of drug-likeness (QED) is 0.839. The molecule has 1 saturated heterocycles. The summed E-state index contributed by atoms with van der Waals surface area (Å²) in [5.74, 6) is 0.778. The molecular weight excluding hydrogens is 260 g/mol. The van der Waals surface area contributed by atoms with Gasteiger partial charge in [0.25, 0.3) is 0 Å². The van der Waals surface area contributed by atoms with Crippen molar-refractivity contribution in [3.05, 3.63) is 11.8 Å². The molecule has 7 nitrogen and oxygen atoms in total. The molecule has 1 aliphatic heterocycles. The Morgan fingerprint density at radius 3 is 2.90 bits per heavy atom. The molecule has 7 heteroatoms. The Morgan fingerprint density at radius 1 is 1.55 bits per heavy atom. The van der Waals surface area contributed by atoms with Gasteiger partial charge in [-0.25, -0.2) is 0 Å². The zero-order valence-electron chi connectivity index (χ0n) is 12.0. The minimum atomic E-state index is -0.619. The number of nitrogens with zero attached hydrogens (tertiary/aromatic N) is 2. The van der Waals surface area contributed by atoms with Crippen LogP contribution in [-0.4, -0.2) is 47.5 Å². The van der Waals surface area contributed by atoms with E-state index >= 15 is 0 Å². The zero-order chi connectivity index (χ0) is 14.8. The van der Waals surface area contributed by atoms with E-state index in [1.54, 1.807) is 20.0 Å². The predicted molar refractivity (Wildman–Crippen MR) is 73.1 cm³/mol. The van der Waals surface area contributed by atoms with Gasteiger partial charge in [0, 0.05) is 13.1 Å². The van der Waals surface area contributed by atoms with Gasteiger partial charge in [0.15, 0.2) is 5.82 Å². The third kappa shape index (κ3) is 2.82. The van der Waals surface area contributed by atoms with Gasteiger partial charge in [0.2, 0.25) is 11.8 Å². The molecule has 1 fully saturated rings. The number of carbonyl (C=O) groups excluding carboxylic acids is 2. The van der Waals surface area contributed by atoms with Gasteiger partial charge < -0.3 is 15.2 Å². The van der Waals surface area contributed by atoms with Crippen LogP contribution in [0, 0.1) is 6.92 Å². The molecule has 2 rings (SSSR count). The normalized spacial score (nSPS) is 22.8. The summed E-state index contributed by atoms with van der Waals surface area (Å²) in [5.41, 5.74) is -0.619. The maximum absolute atomic E-state index is 12.0. The first-order valence-corrected chi connectivity index (χ1v) is 6.66. The number of anilines is 1. The SMILES string of the molecule is CNC(=O)[C@]1(C)CCCN1CC(=O)Nc1cc(C)on1. The summed E-state index contributed by atoms with van der Waals surface area (Å²) in [5, 5.41) is 9.04. The molecule has 0 spiro atoms. The lowest BCUT2D eigenvalue weighted by atomic mass is 9.98. The first-order chi connectivity index (χ1) is 9.45. The molecule has 2 heterocycles. The van der Waals surface area contributed by atoms with Crippen molar-refractivity contribution in [2.24, 2.45) is 0 Å². The second-order valence-corrected chi connectivity index (χ2v) is 5.25. The fourth-order valence-electron chi connectivity index (χ4n) is 2.58. The maximum atomic E-state index is 12.0. The minimum absolute atomic E-state index is 0.0555. The fraction of sp³-hybridized carbons (Fsp3) is 0.615. The third-order valence-electron chi connectivity index (χ3n) is 3.74. The molecule has 1 atom stereocenters. The Balaban J connectivity index is 1.98. The molecule has 1 aromatic rings. The van der Waals surface area contributed by atoms with Crippen LogP contribution in [0.4, 0.5) is 5.82 Å². The van der Waals surface area contributed by atoms with Crippen molar-refractivity contribution in [3.63, 3.8) is 0 Å². The molecule has 0 unspecified atom stereocenters. The van der Waals surface area contributed by atoms with Gasteiger partial charge in [-0.3, -0.25) is 14.5 Å². The molecule has 110 valence electrons. The molecule has 1 aliphatic rings. The lowest BCUT2D eigenvalue weighted by molar-refractivity contribution is -0.131. The second kappa shape index (κ2) is 5.62. The van der Waals surface area contributed by atoms with Crippen LogP contribution in [0.2, 0.25) is 0 Å². The van der Waals surface area contributed by atoms with Gasteiger partial charge in [-0.05, 0) is 33.2 Å². The summed E-state index contributed by atoms with van der Waals surface area (Å²) in [6.45, 7) is 4.52. The standard InChI is InChI=1S/C13H20N4O3/c1-9-7-10(16-20-9)15-11(18)8-17-6-4-5-13(17,2)12(19)14-3/h7H,4-6,8H2,1-3H3,(H,14,19)(H,15,16,18)/t13-/m0/s1. The number of likely N-dealkylation sites (N-methyl/N-ethyl adjacent to an activating group) is 1. The van der Waals surface area contributed by atoms with Gasteiger partial charge in [0.1, 0.15) is 5.76 Å². The highest BCUT2D eigenvalue weighted by Gasteiger charge is 2.43. The van der Waals surface area contributed by atoms with Gasteiger partial charge in [-0.2, -0.15) is 0 Å². The highest BCUT2D eigenvalue weighted by molar-refractivity contribution is 5.92. The zero-order valence-corrected chi connectivity index (χ0v) is 12.0. The Labute approximate surface area is 117 Å². The Hall–Kier alpha value is -1.89. The monoisotopic (exact) mass is 280 g/mol. The third-order valence-corrected chi connectivity index (χ3v) is 3.74. The molecule has 20 heavy (non-hydrogen) atoms. The van der Waals surface area contributed by atoms with Gasteiger partial charge >= 0.3 is 0 Å². The van der Waals surface area contributed by atoms with Crippen LogP contribution in [0.25, 0.3) is 0 Å². The molecule has 1 aromatic heterocycles. The molecule has 2 N–H and O–H groups in total. The van der Waals surface area contributed by atoms with Crippen LogP contribution in [0.15, 0.2) is 10.6 Å². The van der Waals surface area contributed by atoms with Crippen molar-refractivity contribution in [2.75, 3.05) is 25.5 Å². The lowest BCUT2D eigenvalue weighted by Crippen LogP contribution is -2.54. The molecular formula is C13H20N4O3. The van der Waals surface area contributed by atoms with E-state index in [2.05, 4.69) is 15.8 Å². The Morgan fingerprint density at radius 2 is 2.30 bits per heavy atom. The van der Waals surface area contributed by atoms with E-state index in [4.69, 9.17) is 4.52 Å². The maximum Gasteiger partial charge on any atom is 0.239 e. The van der Waals surface area contributed by atoms with E-state index in [0.29, 0.717) is 11.6 Å². The van der Waals surface area contributed by atoms with Crippen LogP contribution >= 0.6 is 0 Å². The molecule has 0 aromatic carbocycles. The summed E-state index contributed by atoms with van der Waals surface area (Å²) in [6, 6.07) is 1.65. The smallest absolute Gasteiger partial charge is 0.239 e. The number of nitrogens with one attached hydrogen (secondary N) is 2. The predicted octanol–water partition coefficient (Wildman–Crippen LogP) is 0.522. The number of rotatable bonds is 4. The van der Waals surface area contributed by atoms with Crippen LogP contribution in [0.5, 0.6) is 0 Å². The average Bonchev–Trinajstić information content (AvgIpc) is 2.96. The van der Waals surface area contributed by atoms with E-state index in [-0.39, 0.29) is 18.4 Å². The van der Waals surface area contributed by atoms with Crippen molar-refractivity contribution in [3.8, 4) is 0 Å².